The molecule has 2 N–H and O–H groups in total. The lowest BCUT2D eigenvalue weighted by molar-refractivity contribution is -0.384. The van der Waals surface area contributed by atoms with Crippen LogP contribution in [0.2, 0.25) is 0 Å². The molecule has 0 fully saturated rings. The summed E-state index contributed by atoms with van der Waals surface area (Å²) >= 11 is 0. The molecule has 0 aliphatic carbocycles. The number of benzene rings is 1. The van der Waals surface area contributed by atoms with E-state index >= 15 is 0 Å². The summed E-state index contributed by atoms with van der Waals surface area (Å²) in [6.45, 7) is 7.44. The molecule has 1 unspecified atom stereocenters. The van der Waals surface area contributed by atoms with E-state index in [1.165, 1.54) is 12.1 Å². The standard InChI is InChI=1S/C14H22N2O4/c1-5-14(4,9-17)15-11-6-12(16(18)19)8-13(7-11)20-10(2)3/h6-8,10,15,17H,5,9H2,1-4H3. The van der Waals surface area contributed by atoms with Gasteiger partial charge in [0.2, 0.25) is 0 Å². The monoisotopic (exact) mass is 282 g/mol. The first-order valence-corrected chi connectivity index (χ1v) is 6.65. The van der Waals surface area contributed by atoms with Gasteiger partial charge in [-0.15, -0.1) is 0 Å². The Morgan fingerprint density at radius 3 is 2.55 bits per heavy atom. The molecule has 0 saturated carbocycles. The maximum absolute atomic E-state index is 11.0. The summed E-state index contributed by atoms with van der Waals surface area (Å²) in [5.41, 5.74) is -0.0000702. The summed E-state index contributed by atoms with van der Waals surface area (Å²) < 4.78 is 5.52. The summed E-state index contributed by atoms with van der Waals surface area (Å²) in [5, 5.41) is 23.5. The van der Waals surface area contributed by atoms with E-state index in [-0.39, 0.29) is 18.4 Å². The maximum atomic E-state index is 11.0. The molecular formula is C14H22N2O4. The van der Waals surface area contributed by atoms with Crippen molar-refractivity contribution in [1.82, 2.24) is 0 Å². The zero-order valence-corrected chi connectivity index (χ0v) is 12.3. The van der Waals surface area contributed by atoms with Crippen molar-refractivity contribution in [2.75, 3.05) is 11.9 Å². The fourth-order valence-electron chi connectivity index (χ4n) is 1.69. The van der Waals surface area contributed by atoms with Gasteiger partial charge in [-0.25, -0.2) is 0 Å². The highest BCUT2D eigenvalue weighted by Gasteiger charge is 2.22. The fraction of sp³-hybridized carbons (Fsp3) is 0.571. The summed E-state index contributed by atoms with van der Waals surface area (Å²) in [4.78, 5) is 10.5. The van der Waals surface area contributed by atoms with Crippen molar-refractivity contribution >= 4 is 11.4 Å². The smallest absolute Gasteiger partial charge is 0.275 e. The van der Waals surface area contributed by atoms with Gasteiger partial charge in [0.1, 0.15) is 5.75 Å². The number of aliphatic hydroxyl groups is 1. The van der Waals surface area contributed by atoms with Crippen LogP contribution in [0.1, 0.15) is 34.1 Å². The number of nitro groups is 1. The van der Waals surface area contributed by atoms with Crippen LogP contribution in [0.15, 0.2) is 18.2 Å². The van der Waals surface area contributed by atoms with Crippen molar-refractivity contribution in [1.29, 1.82) is 0 Å². The number of hydrogen-bond donors (Lipinski definition) is 2. The molecule has 112 valence electrons. The summed E-state index contributed by atoms with van der Waals surface area (Å²) in [6.07, 6.45) is 0.618. The average molecular weight is 282 g/mol. The molecule has 6 nitrogen and oxygen atoms in total. The zero-order chi connectivity index (χ0) is 15.3. The van der Waals surface area contributed by atoms with E-state index in [0.29, 0.717) is 17.9 Å². The van der Waals surface area contributed by atoms with Gasteiger partial charge in [0.25, 0.3) is 5.69 Å². The highest BCUT2D eigenvalue weighted by Crippen LogP contribution is 2.29. The minimum atomic E-state index is -0.523. The van der Waals surface area contributed by atoms with Gasteiger partial charge < -0.3 is 15.2 Å². The number of anilines is 1. The molecule has 0 bridgehead atoms. The average Bonchev–Trinajstić information content (AvgIpc) is 2.37. The van der Waals surface area contributed by atoms with Crippen LogP contribution >= 0.6 is 0 Å². The van der Waals surface area contributed by atoms with Crippen molar-refractivity contribution in [2.45, 2.75) is 45.8 Å². The summed E-state index contributed by atoms with van der Waals surface area (Å²) in [5.74, 6) is 0.438. The SMILES string of the molecule is CCC(C)(CO)Nc1cc(OC(C)C)cc([N+](=O)[O-])c1. The molecule has 0 aromatic heterocycles. The van der Waals surface area contributed by atoms with Gasteiger partial charge in [-0.2, -0.15) is 0 Å². The van der Waals surface area contributed by atoms with Crippen LogP contribution in [0.3, 0.4) is 0 Å². The Balaban J connectivity index is 3.11. The molecule has 0 spiro atoms. The van der Waals surface area contributed by atoms with E-state index in [9.17, 15) is 15.2 Å². The molecule has 1 rings (SSSR count). The lowest BCUT2D eigenvalue weighted by Crippen LogP contribution is -2.37. The predicted octanol–water partition coefficient (Wildman–Crippen LogP) is 2.95. The second-order valence-electron chi connectivity index (χ2n) is 5.34. The van der Waals surface area contributed by atoms with Gasteiger partial charge in [0.05, 0.1) is 29.2 Å². The van der Waals surface area contributed by atoms with E-state index in [0.717, 1.165) is 0 Å². The van der Waals surface area contributed by atoms with Crippen LogP contribution in [0.25, 0.3) is 0 Å². The summed E-state index contributed by atoms with van der Waals surface area (Å²) in [6, 6.07) is 4.54. The molecule has 0 heterocycles. The van der Waals surface area contributed by atoms with Gasteiger partial charge in [0, 0.05) is 17.8 Å². The Morgan fingerprint density at radius 2 is 2.10 bits per heavy atom. The van der Waals surface area contributed by atoms with Crippen LogP contribution in [0.4, 0.5) is 11.4 Å². The predicted molar refractivity (Wildman–Crippen MR) is 78.3 cm³/mol. The first kappa shape index (κ1) is 16.2. The van der Waals surface area contributed by atoms with Crippen LogP contribution in [0, 0.1) is 10.1 Å². The Bertz CT molecular complexity index is 470. The number of hydrogen-bond acceptors (Lipinski definition) is 5. The molecule has 1 aromatic carbocycles. The number of non-ortho nitro benzene ring substituents is 1. The maximum Gasteiger partial charge on any atom is 0.275 e. The normalized spacial score (nSPS) is 13.9. The zero-order valence-electron chi connectivity index (χ0n) is 12.3. The second kappa shape index (κ2) is 6.56. The first-order valence-electron chi connectivity index (χ1n) is 6.65. The molecule has 0 aliphatic rings. The first-order chi connectivity index (χ1) is 9.29. The molecular weight excluding hydrogens is 260 g/mol. The Morgan fingerprint density at radius 1 is 1.45 bits per heavy atom. The molecule has 0 radical (unpaired) electrons. The number of nitrogens with zero attached hydrogens (tertiary/aromatic N) is 1. The van der Waals surface area contributed by atoms with Gasteiger partial charge in [-0.05, 0) is 27.2 Å². The number of nitrogens with one attached hydrogen (secondary N) is 1. The van der Waals surface area contributed by atoms with Gasteiger partial charge in [-0.1, -0.05) is 6.92 Å². The number of aliphatic hydroxyl groups excluding tert-OH is 1. The van der Waals surface area contributed by atoms with Crippen LogP contribution in [0.5, 0.6) is 5.75 Å². The molecule has 0 aliphatic heterocycles. The van der Waals surface area contributed by atoms with E-state index in [2.05, 4.69) is 5.32 Å². The third kappa shape index (κ3) is 4.38. The molecule has 20 heavy (non-hydrogen) atoms. The van der Waals surface area contributed by atoms with Crippen molar-refractivity contribution in [3.63, 3.8) is 0 Å². The Hall–Kier alpha value is -1.82. The second-order valence-corrected chi connectivity index (χ2v) is 5.34. The molecule has 0 amide bonds. The highest BCUT2D eigenvalue weighted by molar-refractivity contribution is 5.57. The van der Waals surface area contributed by atoms with E-state index in [1.54, 1.807) is 6.07 Å². The third-order valence-electron chi connectivity index (χ3n) is 3.05. The number of ether oxygens (including phenoxy) is 1. The van der Waals surface area contributed by atoms with Gasteiger partial charge in [0.15, 0.2) is 0 Å². The summed E-state index contributed by atoms with van der Waals surface area (Å²) in [7, 11) is 0. The van der Waals surface area contributed by atoms with Crippen molar-refractivity contribution in [3.8, 4) is 5.75 Å². The van der Waals surface area contributed by atoms with Gasteiger partial charge in [-0.3, -0.25) is 10.1 Å². The van der Waals surface area contributed by atoms with E-state index in [1.807, 2.05) is 27.7 Å². The Labute approximate surface area is 118 Å². The largest absolute Gasteiger partial charge is 0.491 e. The van der Waals surface area contributed by atoms with E-state index in [4.69, 9.17) is 4.74 Å². The highest BCUT2D eigenvalue weighted by atomic mass is 16.6. The molecule has 6 heteroatoms. The Kier molecular flexibility index (Phi) is 5.33. The number of rotatable bonds is 7. The number of nitro benzene ring substituents is 1. The van der Waals surface area contributed by atoms with Crippen LogP contribution in [-0.2, 0) is 0 Å². The minimum Gasteiger partial charge on any atom is -0.491 e. The molecule has 1 aromatic rings. The quantitative estimate of drug-likeness (QED) is 0.593. The van der Waals surface area contributed by atoms with Crippen LogP contribution < -0.4 is 10.1 Å². The molecule has 1 atom stereocenters. The van der Waals surface area contributed by atoms with E-state index < -0.39 is 10.5 Å². The molecule has 0 saturated heterocycles. The van der Waals surface area contributed by atoms with Crippen LogP contribution in [-0.4, -0.2) is 28.3 Å². The lowest BCUT2D eigenvalue weighted by atomic mass is 10.00. The fourth-order valence-corrected chi connectivity index (χ4v) is 1.69. The minimum absolute atomic E-state index is 0.0398. The van der Waals surface area contributed by atoms with Crippen molar-refractivity contribution in [3.05, 3.63) is 28.3 Å². The third-order valence-corrected chi connectivity index (χ3v) is 3.05. The van der Waals surface area contributed by atoms with Crippen molar-refractivity contribution in [2.24, 2.45) is 0 Å². The lowest BCUT2D eigenvalue weighted by Gasteiger charge is -2.28. The van der Waals surface area contributed by atoms with Crippen molar-refractivity contribution < 1.29 is 14.8 Å². The van der Waals surface area contributed by atoms with Gasteiger partial charge >= 0.3 is 0 Å². The topological polar surface area (TPSA) is 84.6 Å².